The van der Waals surface area contributed by atoms with E-state index in [1.54, 1.807) is 12.1 Å². The molecule has 1 heterocycles. The van der Waals surface area contributed by atoms with Gasteiger partial charge in [-0.2, -0.15) is 0 Å². The molecule has 1 aromatic carbocycles. The molecule has 0 radical (unpaired) electrons. The predicted octanol–water partition coefficient (Wildman–Crippen LogP) is 3.15. The summed E-state index contributed by atoms with van der Waals surface area (Å²) in [7, 11) is 0. The van der Waals surface area contributed by atoms with E-state index in [0.717, 1.165) is 25.9 Å². The lowest BCUT2D eigenvalue weighted by atomic mass is 9.80. The van der Waals surface area contributed by atoms with Crippen LogP contribution in [0.5, 0.6) is 0 Å². The van der Waals surface area contributed by atoms with Crippen LogP contribution >= 0.6 is 34.0 Å². The SMILES string of the molecule is Br.Br.O=C(O)C(c1ccc(F)cc1)C1CCNCC1. The van der Waals surface area contributed by atoms with E-state index in [2.05, 4.69) is 5.32 Å². The van der Waals surface area contributed by atoms with Gasteiger partial charge in [-0.25, -0.2) is 4.39 Å². The minimum absolute atomic E-state index is 0. The summed E-state index contributed by atoms with van der Waals surface area (Å²) < 4.78 is 12.8. The Labute approximate surface area is 133 Å². The van der Waals surface area contributed by atoms with E-state index in [1.807, 2.05) is 0 Å². The van der Waals surface area contributed by atoms with Crippen LogP contribution in [-0.2, 0) is 4.79 Å². The molecular formula is C13H18Br2FNO2. The van der Waals surface area contributed by atoms with Crippen LogP contribution < -0.4 is 5.32 Å². The van der Waals surface area contributed by atoms with Crippen LogP contribution in [0.1, 0.15) is 24.3 Å². The van der Waals surface area contributed by atoms with Gasteiger partial charge in [0.05, 0.1) is 5.92 Å². The summed E-state index contributed by atoms with van der Waals surface area (Å²) in [6.07, 6.45) is 1.71. The van der Waals surface area contributed by atoms with E-state index >= 15 is 0 Å². The van der Waals surface area contributed by atoms with Gasteiger partial charge in [0.25, 0.3) is 0 Å². The summed E-state index contributed by atoms with van der Waals surface area (Å²) in [5.41, 5.74) is 0.700. The number of halogens is 3. The monoisotopic (exact) mass is 397 g/mol. The maximum absolute atomic E-state index is 12.8. The van der Waals surface area contributed by atoms with Gasteiger partial charge >= 0.3 is 5.97 Å². The number of carbonyl (C=O) groups is 1. The van der Waals surface area contributed by atoms with E-state index < -0.39 is 11.9 Å². The summed E-state index contributed by atoms with van der Waals surface area (Å²) in [6.45, 7) is 1.71. The van der Waals surface area contributed by atoms with Crippen molar-refractivity contribution in [1.29, 1.82) is 0 Å². The van der Waals surface area contributed by atoms with Crippen LogP contribution in [0.2, 0.25) is 0 Å². The zero-order chi connectivity index (χ0) is 12.3. The molecule has 0 saturated carbocycles. The average Bonchev–Trinajstić information content (AvgIpc) is 2.33. The highest BCUT2D eigenvalue weighted by atomic mass is 79.9. The molecular weight excluding hydrogens is 381 g/mol. The maximum Gasteiger partial charge on any atom is 0.311 e. The molecule has 19 heavy (non-hydrogen) atoms. The fourth-order valence-electron chi connectivity index (χ4n) is 2.46. The zero-order valence-electron chi connectivity index (χ0n) is 10.3. The number of nitrogens with one attached hydrogen (secondary N) is 1. The Morgan fingerprint density at radius 3 is 2.21 bits per heavy atom. The Balaban J connectivity index is 0.00000162. The van der Waals surface area contributed by atoms with Gasteiger partial charge in [0.1, 0.15) is 5.82 Å². The van der Waals surface area contributed by atoms with Gasteiger partial charge in [-0.3, -0.25) is 4.79 Å². The number of benzene rings is 1. The number of hydrogen-bond acceptors (Lipinski definition) is 2. The second kappa shape index (κ2) is 8.66. The van der Waals surface area contributed by atoms with Gasteiger partial charge in [0.15, 0.2) is 0 Å². The largest absolute Gasteiger partial charge is 0.481 e. The third-order valence-electron chi connectivity index (χ3n) is 3.35. The topological polar surface area (TPSA) is 49.3 Å². The highest BCUT2D eigenvalue weighted by molar-refractivity contribution is 8.93. The quantitative estimate of drug-likeness (QED) is 0.822. The van der Waals surface area contributed by atoms with Crippen LogP contribution in [0.25, 0.3) is 0 Å². The first-order valence-corrected chi connectivity index (χ1v) is 5.87. The standard InChI is InChI=1S/C13H16FNO2.2BrH/c14-11-3-1-9(2-4-11)12(13(16)17)10-5-7-15-8-6-10;;/h1-4,10,12,15H,5-8H2,(H,16,17);2*1H. The molecule has 1 saturated heterocycles. The number of hydrogen-bond donors (Lipinski definition) is 2. The van der Waals surface area contributed by atoms with Crippen molar-refractivity contribution in [2.45, 2.75) is 18.8 Å². The number of carboxylic acids is 1. The molecule has 0 amide bonds. The summed E-state index contributed by atoms with van der Waals surface area (Å²) in [5.74, 6) is -1.52. The van der Waals surface area contributed by atoms with Crippen molar-refractivity contribution < 1.29 is 14.3 Å². The summed E-state index contributed by atoms with van der Waals surface area (Å²) in [5, 5.41) is 12.6. The normalized spacial score (nSPS) is 16.9. The third-order valence-corrected chi connectivity index (χ3v) is 3.35. The Morgan fingerprint density at radius 2 is 1.74 bits per heavy atom. The molecule has 6 heteroatoms. The molecule has 1 unspecified atom stereocenters. The number of aliphatic carboxylic acids is 1. The van der Waals surface area contributed by atoms with Crippen molar-refractivity contribution in [3.8, 4) is 0 Å². The van der Waals surface area contributed by atoms with Gasteiger partial charge < -0.3 is 10.4 Å². The molecule has 1 aliphatic rings. The zero-order valence-corrected chi connectivity index (χ0v) is 13.8. The molecule has 0 aromatic heterocycles. The van der Waals surface area contributed by atoms with E-state index in [-0.39, 0.29) is 45.7 Å². The molecule has 1 aromatic rings. The van der Waals surface area contributed by atoms with E-state index in [1.165, 1.54) is 12.1 Å². The van der Waals surface area contributed by atoms with Gasteiger partial charge in [-0.1, -0.05) is 12.1 Å². The smallest absolute Gasteiger partial charge is 0.311 e. The summed E-state index contributed by atoms with van der Waals surface area (Å²) in [6, 6.07) is 5.81. The Bertz CT molecular complexity index is 394. The van der Waals surface area contributed by atoms with E-state index in [9.17, 15) is 14.3 Å². The minimum Gasteiger partial charge on any atom is -0.481 e. The molecule has 3 nitrogen and oxygen atoms in total. The predicted molar refractivity (Wildman–Crippen MR) is 83.0 cm³/mol. The van der Waals surface area contributed by atoms with Crippen LogP contribution in [0, 0.1) is 11.7 Å². The Morgan fingerprint density at radius 1 is 1.21 bits per heavy atom. The minimum atomic E-state index is -0.816. The molecule has 2 N–H and O–H groups in total. The van der Waals surface area contributed by atoms with Crippen molar-refractivity contribution in [1.82, 2.24) is 5.32 Å². The van der Waals surface area contributed by atoms with Gasteiger partial charge in [-0.15, -0.1) is 34.0 Å². The Hall–Kier alpha value is -0.460. The van der Waals surface area contributed by atoms with E-state index in [4.69, 9.17) is 0 Å². The number of piperidine rings is 1. The third kappa shape index (κ3) is 4.85. The summed E-state index contributed by atoms with van der Waals surface area (Å²) >= 11 is 0. The van der Waals surface area contributed by atoms with Gasteiger partial charge in [-0.05, 0) is 49.5 Å². The van der Waals surface area contributed by atoms with Gasteiger partial charge in [0, 0.05) is 0 Å². The molecule has 2 rings (SSSR count). The van der Waals surface area contributed by atoms with Crippen LogP contribution in [0.3, 0.4) is 0 Å². The average molecular weight is 399 g/mol. The lowest BCUT2D eigenvalue weighted by Gasteiger charge is -2.28. The molecule has 1 aliphatic heterocycles. The van der Waals surface area contributed by atoms with Crippen LogP contribution in [0.15, 0.2) is 24.3 Å². The first-order valence-electron chi connectivity index (χ1n) is 5.87. The molecule has 0 bridgehead atoms. The fraction of sp³-hybridized carbons (Fsp3) is 0.462. The molecule has 0 spiro atoms. The second-order valence-electron chi connectivity index (χ2n) is 4.45. The Kier molecular flexibility index (Phi) is 8.45. The van der Waals surface area contributed by atoms with Crippen molar-refractivity contribution >= 4 is 39.9 Å². The maximum atomic E-state index is 12.8. The lowest BCUT2D eigenvalue weighted by Crippen LogP contribution is -2.33. The molecule has 108 valence electrons. The first kappa shape index (κ1) is 18.5. The first-order chi connectivity index (χ1) is 8.18. The van der Waals surface area contributed by atoms with Crippen molar-refractivity contribution in [2.24, 2.45) is 5.92 Å². The fourth-order valence-corrected chi connectivity index (χ4v) is 2.46. The van der Waals surface area contributed by atoms with Crippen LogP contribution in [0.4, 0.5) is 4.39 Å². The van der Waals surface area contributed by atoms with Crippen molar-refractivity contribution in [3.05, 3.63) is 35.6 Å². The van der Waals surface area contributed by atoms with Crippen LogP contribution in [-0.4, -0.2) is 24.2 Å². The summed E-state index contributed by atoms with van der Waals surface area (Å²) in [4.78, 5) is 11.4. The molecule has 0 aliphatic carbocycles. The van der Waals surface area contributed by atoms with E-state index in [0.29, 0.717) is 5.56 Å². The molecule has 1 atom stereocenters. The number of carboxylic acid groups (broad SMARTS) is 1. The van der Waals surface area contributed by atoms with Gasteiger partial charge in [0.2, 0.25) is 0 Å². The molecule has 1 fully saturated rings. The number of rotatable bonds is 3. The second-order valence-corrected chi connectivity index (χ2v) is 4.45. The van der Waals surface area contributed by atoms with Crippen molar-refractivity contribution in [3.63, 3.8) is 0 Å². The highest BCUT2D eigenvalue weighted by Crippen LogP contribution is 2.31. The highest BCUT2D eigenvalue weighted by Gasteiger charge is 2.30. The lowest BCUT2D eigenvalue weighted by molar-refractivity contribution is -0.140. The van der Waals surface area contributed by atoms with Crippen molar-refractivity contribution in [2.75, 3.05) is 13.1 Å².